The molecule has 0 bridgehead atoms. The fraction of sp³-hybridized carbons (Fsp3) is 0.629. The first-order chi connectivity index (χ1) is 21.2. The first-order valence-corrected chi connectivity index (χ1v) is 16.6. The number of H-pyrrole nitrogens is 1. The third kappa shape index (κ3) is 9.49. The van der Waals surface area contributed by atoms with Gasteiger partial charge in [0.15, 0.2) is 0 Å². The van der Waals surface area contributed by atoms with E-state index < -0.39 is 0 Å². The highest BCUT2D eigenvalue weighted by atomic mass is 16.5. The van der Waals surface area contributed by atoms with E-state index in [9.17, 15) is 4.79 Å². The summed E-state index contributed by atoms with van der Waals surface area (Å²) in [5.74, 6) is 1.83. The van der Waals surface area contributed by atoms with Crippen LogP contribution in [0.25, 0.3) is 0 Å². The van der Waals surface area contributed by atoms with Crippen molar-refractivity contribution in [3.8, 4) is 0 Å². The van der Waals surface area contributed by atoms with Crippen LogP contribution in [0.15, 0.2) is 49.1 Å². The molecule has 0 saturated carbocycles. The van der Waals surface area contributed by atoms with Crippen LogP contribution < -0.4 is 0 Å². The van der Waals surface area contributed by atoms with Crippen molar-refractivity contribution in [2.75, 3.05) is 45.9 Å². The van der Waals surface area contributed by atoms with Gasteiger partial charge in [0.05, 0.1) is 26.1 Å². The number of ether oxygens (including phenoxy) is 1. The molecule has 0 aliphatic carbocycles. The van der Waals surface area contributed by atoms with E-state index in [0.29, 0.717) is 30.4 Å². The quantitative estimate of drug-likeness (QED) is 0.256. The van der Waals surface area contributed by atoms with Crippen molar-refractivity contribution in [3.05, 3.63) is 71.8 Å². The number of aromatic amines is 1. The van der Waals surface area contributed by atoms with Gasteiger partial charge in [-0.25, -0.2) is 9.97 Å². The number of piperidine rings is 1. The largest absolute Gasteiger partial charge is 0.466 e. The number of aryl methyl sites for hydroxylation is 1. The van der Waals surface area contributed by atoms with E-state index in [1.165, 1.54) is 57.5 Å². The average Bonchev–Trinajstić information content (AvgIpc) is 3.74. The van der Waals surface area contributed by atoms with E-state index in [-0.39, 0.29) is 5.97 Å². The van der Waals surface area contributed by atoms with Gasteiger partial charge in [0.1, 0.15) is 11.6 Å². The number of benzene rings is 1. The van der Waals surface area contributed by atoms with Crippen molar-refractivity contribution in [2.24, 2.45) is 10.8 Å². The summed E-state index contributed by atoms with van der Waals surface area (Å²) in [5.41, 5.74) is 3.08. The number of hydrogen-bond donors (Lipinski definition) is 1. The van der Waals surface area contributed by atoms with E-state index in [0.717, 1.165) is 49.8 Å². The fourth-order valence-electron chi connectivity index (χ4n) is 7.01. The molecule has 1 N–H and O–H groups in total. The van der Waals surface area contributed by atoms with Gasteiger partial charge >= 0.3 is 5.97 Å². The molecule has 2 aromatic heterocycles. The van der Waals surface area contributed by atoms with E-state index in [4.69, 9.17) is 9.72 Å². The van der Waals surface area contributed by atoms with Crippen LogP contribution in [0.4, 0.5) is 0 Å². The molecule has 44 heavy (non-hydrogen) atoms. The molecule has 5 rings (SSSR count). The van der Waals surface area contributed by atoms with Crippen LogP contribution in [-0.4, -0.2) is 86.1 Å². The average molecular weight is 604 g/mol. The van der Waals surface area contributed by atoms with E-state index in [1.54, 1.807) is 6.20 Å². The first kappa shape index (κ1) is 32.4. The highest BCUT2D eigenvalue weighted by molar-refractivity contribution is 5.72. The summed E-state index contributed by atoms with van der Waals surface area (Å²) in [6.07, 6.45) is 13.2. The summed E-state index contributed by atoms with van der Waals surface area (Å²) < 4.78 is 7.43. The second-order valence-electron chi connectivity index (χ2n) is 14.2. The number of likely N-dealkylation sites (tertiary alicyclic amines) is 2. The smallest absolute Gasteiger partial charge is 0.310 e. The fourth-order valence-corrected chi connectivity index (χ4v) is 7.01. The van der Waals surface area contributed by atoms with Gasteiger partial charge in [0, 0.05) is 51.0 Å². The van der Waals surface area contributed by atoms with Crippen LogP contribution in [0.3, 0.4) is 0 Å². The molecule has 9 nitrogen and oxygen atoms in total. The Morgan fingerprint density at radius 3 is 2.36 bits per heavy atom. The van der Waals surface area contributed by atoms with E-state index >= 15 is 0 Å². The number of nitrogens with zero attached hydrogens (tertiary/aromatic N) is 6. The summed E-state index contributed by atoms with van der Waals surface area (Å²) in [7, 11) is 0. The summed E-state index contributed by atoms with van der Waals surface area (Å²) in [4.78, 5) is 32.1. The summed E-state index contributed by atoms with van der Waals surface area (Å²) >= 11 is 0. The summed E-state index contributed by atoms with van der Waals surface area (Å²) in [5, 5.41) is 0. The Hall–Kier alpha value is -3.01. The Morgan fingerprint density at radius 1 is 0.955 bits per heavy atom. The number of esters is 1. The lowest BCUT2D eigenvalue weighted by Crippen LogP contribution is -2.44. The highest BCUT2D eigenvalue weighted by Gasteiger charge is 2.40. The molecule has 2 aliphatic heterocycles. The van der Waals surface area contributed by atoms with Crippen LogP contribution in [0, 0.1) is 10.8 Å². The molecule has 1 aromatic carbocycles. The molecule has 3 aromatic rings. The van der Waals surface area contributed by atoms with Crippen LogP contribution in [0.2, 0.25) is 0 Å². The standard InChI is InChI=1S/C35H53N7O2/c1-5-44-33(43)23-29-7-9-30(10-8-29)24-41(25-31-36-14-15-37-31)26-32-38-16-22-42(32)18-6-17-39-19-11-35(28-39)12-20-40(21-13-35)27-34(2,3)4/h7-10,14-16,22H,5-6,11-13,17-21,23-28H2,1-4H3,(H,36,37). The van der Waals surface area contributed by atoms with Crippen molar-refractivity contribution >= 4 is 5.97 Å². The van der Waals surface area contributed by atoms with Crippen molar-refractivity contribution in [1.82, 2.24) is 34.2 Å². The van der Waals surface area contributed by atoms with E-state index in [2.05, 4.69) is 68.3 Å². The Morgan fingerprint density at radius 2 is 1.68 bits per heavy atom. The maximum Gasteiger partial charge on any atom is 0.310 e. The minimum atomic E-state index is -0.187. The molecule has 9 heteroatoms. The van der Waals surface area contributed by atoms with Crippen molar-refractivity contribution in [1.29, 1.82) is 0 Å². The Kier molecular flexibility index (Phi) is 10.9. The Bertz CT molecular complexity index is 1290. The van der Waals surface area contributed by atoms with Gasteiger partial charge in [-0.1, -0.05) is 45.0 Å². The minimum Gasteiger partial charge on any atom is -0.466 e. The maximum absolute atomic E-state index is 11.9. The van der Waals surface area contributed by atoms with Crippen LogP contribution in [0.5, 0.6) is 0 Å². The molecular formula is C35H53N7O2. The summed E-state index contributed by atoms with van der Waals surface area (Å²) in [6, 6.07) is 8.26. The van der Waals surface area contributed by atoms with Crippen LogP contribution in [0.1, 0.15) is 76.2 Å². The lowest BCUT2D eigenvalue weighted by molar-refractivity contribution is -0.142. The molecule has 2 saturated heterocycles. The number of aromatic nitrogens is 4. The van der Waals surface area contributed by atoms with Gasteiger partial charge in [-0.2, -0.15) is 0 Å². The lowest BCUT2D eigenvalue weighted by Gasteiger charge is -2.41. The number of carbonyl (C=O) groups is 1. The van der Waals surface area contributed by atoms with Crippen molar-refractivity contribution in [3.63, 3.8) is 0 Å². The zero-order chi connectivity index (χ0) is 31.0. The van der Waals surface area contributed by atoms with Gasteiger partial charge < -0.3 is 24.1 Å². The molecule has 0 radical (unpaired) electrons. The van der Waals surface area contributed by atoms with Crippen LogP contribution >= 0.6 is 0 Å². The van der Waals surface area contributed by atoms with Gasteiger partial charge in [-0.3, -0.25) is 9.69 Å². The number of hydrogen-bond acceptors (Lipinski definition) is 7. The maximum atomic E-state index is 11.9. The second kappa shape index (κ2) is 14.8. The van der Waals surface area contributed by atoms with Gasteiger partial charge in [0.25, 0.3) is 0 Å². The highest BCUT2D eigenvalue weighted by Crippen LogP contribution is 2.40. The molecular weight excluding hydrogens is 550 g/mol. The number of imidazole rings is 2. The molecule has 0 atom stereocenters. The van der Waals surface area contributed by atoms with Gasteiger partial charge in [-0.15, -0.1) is 0 Å². The zero-order valence-corrected chi connectivity index (χ0v) is 27.4. The Labute approximate surface area is 264 Å². The van der Waals surface area contributed by atoms with Gasteiger partial charge in [-0.05, 0) is 80.7 Å². The first-order valence-electron chi connectivity index (χ1n) is 16.6. The van der Waals surface area contributed by atoms with Crippen molar-refractivity contribution < 1.29 is 9.53 Å². The number of rotatable bonds is 14. The third-order valence-electron chi connectivity index (χ3n) is 9.18. The molecule has 240 valence electrons. The topological polar surface area (TPSA) is 82.5 Å². The SMILES string of the molecule is CCOC(=O)Cc1ccc(CN(Cc2ncc[nH]2)Cc2nccn2CCCN2CCC3(CCN(CC(C)(C)C)CC3)C2)cc1. The second-order valence-corrected chi connectivity index (χ2v) is 14.2. The number of nitrogens with one attached hydrogen (secondary N) is 1. The zero-order valence-electron chi connectivity index (χ0n) is 27.4. The third-order valence-corrected chi connectivity index (χ3v) is 9.18. The molecule has 2 aliphatic rings. The predicted molar refractivity (Wildman–Crippen MR) is 174 cm³/mol. The molecule has 1 spiro atoms. The van der Waals surface area contributed by atoms with Gasteiger partial charge in [0.2, 0.25) is 0 Å². The predicted octanol–water partition coefficient (Wildman–Crippen LogP) is 5.14. The monoisotopic (exact) mass is 603 g/mol. The van der Waals surface area contributed by atoms with E-state index in [1.807, 2.05) is 31.5 Å². The van der Waals surface area contributed by atoms with Crippen LogP contribution in [-0.2, 0) is 42.1 Å². The molecule has 0 unspecified atom stereocenters. The summed E-state index contributed by atoms with van der Waals surface area (Å²) in [6.45, 7) is 19.9. The molecule has 0 amide bonds. The van der Waals surface area contributed by atoms with Crippen molar-refractivity contribution in [2.45, 2.75) is 86.0 Å². The molecule has 4 heterocycles. The molecule has 2 fully saturated rings. The lowest BCUT2D eigenvalue weighted by atomic mass is 9.77. The normalized spacial score (nSPS) is 17.6. The Balaban J connectivity index is 1.12. The minimum absolute atomic E-state index is 0.187. The number of carbonyl (C=O) groups excluding carboxylic acids is 1.